The van der Waals surface area contributed by atoms with Gasteiger partial charge in [0.2, 0.25) is 0 Å². The Morgan fingerprint density at radius 1 is 1.22 bits per heavy atom. The molecule has 0 bridgehead atoms. The van der Waals surface area contributed by atoms with Crippen molar-refractivity contribution in [3.05, 3.63) is 23.3 Å². The van der Waals surface area contributed by atoms with Gasteiger partial charge in [0.1, 0.15) is 17.8 Å². The largest absolute Gasteiger partial charge is 0.462 e. The smallest absolute Gasteiger partial charge is 0.333 e. The van der Waals surface area contributed by atoms with Gasteiger partial charge in [0.15, 0.2) is 5.78 Å². The third kappa shape index (κ3) is 3.63. The molecule has 5 aliphatic rings. The summed E-state index contributed by atoms with van der Waals surface area (Å²) in [7, 11) is 0. The summed E-state index contributed by atoms with van der Waals surface area (Å²) in [5.41, 5.74) is -1.07. The van der Waals surface area contributed by atoms with E-state index in [0.29, 0.717) is 24.8 Å². The quantitative estimate of drug-likeness (QED) is 0.550. The van der Waals surface area contributed by atoms with Crippen LogP contribution < -0.4 is 0 Å². The number of ether oxygens (including phenoxy) is 2. The van der Waals surface area contributed by atoms with Crippen LogP contribution in [0.3, 0.4) is 0 Å². The molecule has 5 rings (SSSR count). The van der Waals surface area contributed by atoms with E-state index in [4.69, 9.17) is 9.47 Å². The molecule has 7 heteroatoms. The average molecular weight is 515 g/mol. The zero-order valence-corrected chi connectivity index (χ0v) is 23.0. The molecule has 11 atom stereocenters. The van der Waals surface area contributed by atoms with Gasteiger partial charge in [-0.1, -0.05) is 25.5 Å². The highest BCUT2D eigenvalue weighted by atomic mass is 16.5. The third-order valence-electron chi connectivity index (χ3n) is 11.6. The molecule has 0 radical (unpaired) electrons. The van der Waals surface area contributed by atoms with E-state index >= 15 is 0 Å². The van der Waals surface area contributed by atoms with Crippen LogP contribution in [0, 0.1) is 40.4 Å². The van der Waals surface area contributed by atoms with Gasteiger partial charge in [-0.3, -0.25) is 9.59 Å². The van der Waals surface area contributed by atoms with Gasteiger partial charge >= 0.3 is 11.9 Å². The monoisotopic (exact) mass is 514 g/mol. The van der Waals surface area contributed by atoms with Gasteiger partial charge in [0.05, 0.1) is 11.5 Å². The number of allylic oxidation sites excluding steroid dienone is 1. The highest BCUT2D eigenvalue weighted by molar-refractivity contribution is 5.97. The fourth-order valence-electron chi connectivity index (χ4n) is 9.39. The van der Waals surface area contributed by atoms with Crippen molar-refractivity contribution in [2.24, 2.45) is 40.4 Å². The normalized spacial score (nSPS) is 48.1. The Morgan fingerprint density at radius 2 is 1.92 bits per heavy atom. The number of carbonyl (C=O) groups excluding carboxylic acids is 3. The molecule has 37 heavy (non-hydrogen) atoms. The summed E-state index contributed by atoms with van der Waals surface area (Å²) in [6, 6.07) is 0. The van der Waals surface area contributed by atoms with E-state index in [-0.39, 0.29) is 71.4 Å². The second-order valence-corrected chi connectivity index (χ2v) is 13.1. The standard InChI is InChI=1S/C30H42O7/c1-15-12-22(37-27(34)16(15)2)17(3)21-14-23(36-18(4)31)26-19-13-25(33)30(35)10-7-8-24(32)29(30,6)20(19)9-11-28(21,26)5/h7-8,17,19-23,25-26,33,35H,9-14H2,1-6H3/t17-,19+,20-,21+,22+,23-,25+,26+,28+,29-,30-/m0/s1. The topological polar surface area (TPSA) is 110 Å². The SMILES string of the molecule is CC(=O)O[C@H]1C[C@H]([C@H](C)[C@H]2CC(C)=C(C)C(=O)O2)[C@@]2(C)CC[C@H]3[C@@H](C[C@@H](O)[C@@]4(O)CC=CC(=O)[C@]34C)[C@H]12. The molecule has 2 N–H and O–H groups in total. The first kappa shape index (κ1) is 26.6. The lowest BCUT2D eigenvalue weighted by Gasteiger charge is -2.63. The van der Waals surface area contributed by atoms with Crippen LogP contribution in [0.1, 0.15) is 80.1 Å². The number of aliphatic hydroxyl groups is 2. The van der Waals surface area contributed by atoms with E-state index < -0.39 is 17.1 Å². The molecule has 0 aromatic carbocycles. The predicted molar refractivity (Wildman–Crippen MR) is 136 cm³/mol. The lowest BCUT2D eigenvalue weighted by Crippen LogP contribution is -2.69. The van der Waals surface area contributed by atoms with Crippen LogP contribution in [0.5, 0.6) is 0 Å². The summed E-state index contributed by atoms with van der Waals surface area (Å²) < 4.78 is 11.9. The van der Waals surface area contributed by atoms with Crippen LogP contribution in [-0.2, 0) is 23.9 Å². The van der Waals surface area contributed by atoms with E-state index in [2.05, 4.69) is 13.8 Å². The number of esters is 2. The first-order valence-electron chi connectivity index (χ1n) is 13.9. The van der Waals surface area contributed by atoms with Crippen LogP contribution in [0.4, 0.5) is 0 Å². The molecule has 0 saturated heterocycles. The minimum absolute atomic E-state index is 0.0527. The molecule has 7 nitrogen and oxygen atoms in total. The van der Waals surface area contributed by atoms with Crippen molar-refractivity contribution >= 4 is 17.7 Å². The van der Waals surface area contributed by atoms with Gasteiger partial charge in [0.25, 0.3) is 0 Å². The molecule has 1 heterocycles. The summed E-state index contributed by atoms with van der Waals surface area (Å²) in [5.74, 6) is -0.787. The Balaban J connectivity index is 1.52. The third-order valence-corrected chi connectivity index (χ3v) is 11.6. The summed E-state index contributed by atoms with van der Waals surface area (Å²) in [5, 5.41) is 23.0. The number of cyclic esters (lactones) is 1. The van der Waals surface area contributed by atoms with E-state index in [1.807, 2.05) is 13.8 Å². The Morgan fingerprint density at radius 3 is 2.57 bits per heavy atom. The Hall–Kier alpha value is -1.99. The summed E-state index contributed by atoms with van der Waals surface area (Å²) in [6.45, 7) is 11.5. The maximum atomic E-state index is 13.4. The molecule has 0 aromatic heterocycles. The molecule has 0 aromatic rings. The maximum absolute atomic E-state index is 13.4. The Bertz CT molecular complexity index is 1080. The fraction of sp³-hybridized carbons (Fsp3) is 0.767. The van der Waals surface area contributed by atoms with E-state index in [1.165, 1.54) is 6.92 Å². The van der Waals surface area contributed by atoms with Gasteiger partial charge in [-0.15, -0.1) is 0 Å². The molecule has 3 saturated carbocycles. The number of hydrogen-bond donors (Lipinski definition) is 2. The van der Waals surface area contributed by atoms with Crippen LogP contribution in [0.2, 0.25) is 0 Å². The van der Waals surface area contributed by atoms with Gasteiger partial charge in [0, 0.05) is 24.8 Å². The van der Waals surface area contributed by atoms with Crippen molar-refractivity contribution in [3.8, 4) is 0 Å². The molecular formula is C30H42O7. The molecule has 4 aliphatic carbocycles. The lowest BCUT2D eigenvalue weighted by molar-refractivity contribution is -0.237. The number of aliphatic hydroxyl groups excluding tert-OH is 1. The minimum atomic E-state index is -1.49. The van der Waals surface area contributed by atoms with Crippen molar-refractivity contribution in [2.45, 2.75) is 104 Å². The molecule has 1 aliphatic heterocycles. The number of carbonyl (C=O) groups is 3. The van der Waals surface area contributed by atoms with Crippen molar-refractivity contribution in [2.75, 3.05) is 0 Å². The molecule has 0 unspecified atom stereocenters. The fourth-order valence-corrected chi connectivity index (χ4v) is 9.39. The Labute approximate surface area is 219 Å². The van der Waals surface area contributed by atoms with E-state index in [9.17, 15) is 24.6 Å². The highest BCUT2D eigenvalue weighted by Crippen LogP contribution is 2.68. The molecule has 0 amide bonds. The van der Waals surface area contributed by atoms with Gasteiger partial charge < -0.3 is 19.7 Å². The van der Waals surface area contributed by atoms with Crippen molar-refractivity contribution < 1.29 is 34.1 Å². The number of hydrogen-bond acceptors (Lipinski definition) is 7. The number of fused-ring (bicyclic) bond motifs is 5. The minimum Gasteiger partial charge on any atom is -0.462 e. The predicted octanol–water partition coefficient (Wildman–Crippen LogP) is 3.91. The van der Waals surface area contributed by atoms with Crippen LogP contribution in [0.25, 0.3) is 0 Å². The average Bonchev–Trinajstić information content (AvgIpc) is 3.11. The van der Waals surface area contributed by atoms with E-state index in [0.717, 1.165) is 18.4 Å². The number of rotatable bonds is 3. The second kappa shape index (κ2) is 8.77. The highest BCUT2D eigenvalue weighted by Gasteiger charge is 2.71. The summed E-state index contributed by atoms with van der Waals surface area (Å²) in [4.78, 5) is 38.1. The maximum Gasteiger partial charge on any atom is 0.333 e. The van der Waals surface area contributed by atoms with E-state index in [1.54, 1.807) is 19.1 Å². The van der Waals surface area contributed by atoms with Gasteiger partial charge in [-0.2, -0.15) is 0 Å². The molecule has 204 valence electrons. The summed E-state index contributed by atoms with van der Waals surface area (Å²) in [6.07, 6.45) is 5.17. The Kier molecular flexibility index (Phi) is 6.31. The van der Waals surface area contributed by atoms with Crippen LogP contribution >= 0.6 is 0 Å². The molecule has 3 fully saturated rings. The molecule has 0 spiro atoms. The zero-order valence-electron chi connectivity index (χ0n) is 23.0. The summed E-state index contributed by atoms with van der Waals surface area (Å²) >= 11 is 0. The van der Waals surface area contributed by atoms with Gasteiger partial charge in [-0.25, -0.2) is 4.79 Å². The zero-order chi connectivity index (χ0) is 27.1. The first-order chi connectivity index (χ1) is 17.3. The second-order valence-electron chi connectivity index (χ2n) is 13.1. The molecular weight excluding hydrogens is 472 g/mol. The van der Waals surface area contributed by atoms with Crippen molar-refractivity contribution in [1.29, 1.82) is 0 Å². The number of ketones is 1. The lowest BCUT2D eigenvalue weighted by atomic mass is 9.42. The van der Waals surface area contributed by atoms with Crippen LogP contribution in [-0.4, -0.2) is 51.8 Å². The van der Waals surface area contributed by atoms with Crippen molar-refractivity contribution in [1.82, 2.24) is 0 Å². The first-order valence-corrected chi connectivity index (χ1v) is 13.9. The van der Waals surface area contributed by atoms with Crippen LogP contribution in [0.15, 0.2) is 23.3 Å². The van der Waals surface area contributed by atoms with Crippen molar-refractivity contribution in [3.63, 3.8) is 0 Å². The van der Waals surface area contributed by atoms with Gasteiger partial charge in [-0.05, 0) is 88.0 Å².